The molecule has 0 aliphatic carbocycles. The number of anilines is 1. The summed E-state index contributed by atoms with van der Waals surface area (Å²) in [5.41, 5.74) is 7.51. The zero-order chi connectivity index (χ0) is 15.7. The standard InChI is InChI=1S/C16H23ClF3N/c17-15-10-9-14(21)12-13(15)8-6-4-2-1-3-5-7-11-16(18,19)20/h9-10,12H,1-8,11,21H2. The van der Waals surface area contributed by atoms with E-state index in [0.29, 0.717) is 6.42 Å². The zero-order valence-corrected chi connectivity index (χ0v) is 12.9. The molecular formula is C16H23ClF3N. The molecule has 0 aromatic heterocycles. The molecule has 1 aromatic carbocycles. The number of unbranched alkanes of at least 4 members (excludes halogenated alkanes) is 6. The Hall–Kier alpha value is -0.900. The molecule has 0 aliphatic rings. The molecule has 0 fully saturated rings. The van der Waals surface area contributed by atoms with Gasteiger partial charge in [0.25, 0.3) is 0 Å². The molecule has 2 N–H and O–H groups in total. The lowest BCUT2D eigenvalue weighted by atomic mass is 10.0. The fourth-order valence-corrected chi connectivity index (χ4v) is 2.52. The van der Waals surface area contributed by atoms with Crippen LogP contribution in [0.15, 0.2) is 18.2 Å². The van der Waals surface area contributed by atoms with Crippen LogP contribution in [0, 0.1) is 0 Å². The highest BCUT2D eigenvalue weighted by molar-refractivity contribution is 6.31. The topological polar surface area (TPSA) is 26.0 Å². The Kier molecular flexibility index (Phi) is 7.94. The van der Waals surface area contributed by atoms with E-state index < -0.39 is 12.6 Å². The minimum Gasteiger partial charge on any atom is -0.399 e. The summed E-state index contributed by atoms with van der Waals surface area (Å²) in [4.78, 5) is 0. The molecule has 1 nitrogen and oxygen atoms in total. The monoisotopic (exact) mass is 321 g/mol. The van der Waals surface area contributed by atoms with Crippen LogP contribution in [-0.2, 0) is 6.42 Å². The van der Waals surface area contributed by atoms with Gasteiger partial charge in [0.2, 0.25) is 0 Å². The lowest BCUT2D eigenvalue weighted by Crippen LogP contribution is -2.06. The van der Waals surface area contributed by atoms with Crippen LogP contribution in [0.1, 0.15) is 56.9 Å². The van der Waals surface area contributed by atoms with Crippen molar-refractivity contribution in [1.82, 2.24) is 0 Å². The first kappa shape index (κ1) is 18.1. The van der Waals surface area contributed by atoms with Gasteiger partial charge in [0, 0.05) is 17.1 Å². The first-order chi connectivity index (χ1) is 9.88. The molecule has 0 unspecified atom stereocenters. The number of nitrogen functional groups attached to an aromatic ring is 1. The van der Waals surface area contributed by atoms with Crippen LogP contribution >= 0.6 is 11.6 Å². The van der Waals surface area contributed by atoms with Crippen LogP contribution in [0.4, 0.5) is 18.9 Å². The van der Waals surface area contributed by atoms with Gasteiger partial charge in [-0.3, -0.25) is 0 Å². The highest BCUT2D eigenvalue weighted by Crippen LogP contribution is 2.24. The van der Waals surface area contributed by atoms with Crippen molar-refractivity contribution >= 4 is 17.3 Å². The molecule has 0 spiro atoms. The molecular weight excluding hydrogens is 299 g/mol. The number of benzene rings is 1. The molecule has 0 saturated heterocycles. The van der Waals surface area contributed by atoms with E-state index in [1.807, 2.05) is 12.1 Å². The summed E-state index contributed by atoms with van der Waals surface area (Å²) < 4.78 is 35.8. The summed E-state index contributed by atoms with van der Waals surface area (Å²) in [5.74, 6) is 0. The Morgan fingerprint density at radius 2 is 1.48 bits per heavy atom. The smallest absolute Gasteiger partial charge is 0.389 e. The second-order valence-corrected chi connectivity index (χ2v) is 5.85. The van der Waals surface area contributed by atoms with Crippen LogP contribution in [0.5, 0.6) is 0 Å². The van der Waals surface area contributed by atoms with E-state index >= 15 is 0 Å². The van der Waals surface area contributed by atoms with Gasteiger partial charge in [-0.25, -0.2) is 0 Å². The normalized spacial score (nSPS) is 11.8. The second kappa shape index (κ2) is 9.19. The van der Waals surface area contributed by atoms with Gasteiger partial charge in [-0.2, -0.15) is 13.2 Å². The maximum Gasteiger partial charge on any atom is 0.389 e. The first-order valence-electron chi connectivity index (χ1n) is 7.49. The van der Waals surface area contributed by atoms with Crippen molar-refractivity contribution in [3.05, 3.63) is 28.8 Å². The molecule has 0 saturated carbocycles. The lowest BCUT2D eigenvalue weighted by molar-refractivity contribution is -0.135. The molecule has 0 amide bonds. The molecule has 120 valence electrons. The van der Waals surface area contributed by atoms with Crippen molar-refractivity contribution in [2.24, 2.45) is 0 Å². The molecule has 0 aliphatic heterocycles. The van der Waals surface area contributed by atoms with Crippen molar-refractivity contribution in [1.29, 1.82) is 0 Å². The molecule has 21 heavy (non-hydrogen) atoms. The van der Waals surface area contributed by atoms with Gasteiger partial charge in [0.15, 0.2) is 0 Å². The summed E-state index contributed by atoms with van der Waals surface area (Å²) >= 11 is 6.08. The quantitative estimate of drug-likeness (QED) is 0.428. The van der Waals surface area contributed by atoms with Gasteiger partial charge in [-0.1, -0.05) is 43.7 Å². The third-order valence-electron chi connectivity index (χ3n) is 3.48. The minimum atomic E-state index is -4.00. The average Bonchev–Trinajstić information content (AvgIpc) is 2.39. The molecule has 5 heteroatoms. The van der Waals surface area contributed by atoms with Crippen LogP contribution in [0.25, 0.3) is 0 Å². The Morgan fingerprint density at radius 3 is 2.10 bits per heavy atom. The Balaban J connectivity index is 2.01. The SMILES string of the molecule is Nc1ccc(Cl)c(CCCCCCCCCC(F)(F)F)c1. The highest BCUT2D eigenvalue weighted by Gasteiger charge is 2.25. The number of nitrogens with two attached hydrogens (primary N) is 1. The minimum absolute atomic E-state index is 0.252. The number of alkyl halides is 3. The van der Waals surface area contributed by atoms with Crippen LogP contribution < -0.4 is 5.73 Å². The van der Waals surface area contributed by atoms with Gasteiger partial charge < -0.3 is 5.73 Å². The lowest BCUT2D eigenvalue weighted by Gasteiger charge is -2.06. The molecule has 1 aromatic rings. The maximum absolute atomic E-state index is 11.9. The van der Waals surface area contributed by atoms with E-state index in [-0.39, 0.29) is 6.42 Å². The van der Waals surface area contributed by atoms with E-state index in [0.717, 1.165) is 54.8 Å². The van der Waals surface area contributed by atoms with Gasteiger partial charge in [0.1, 0.15) is 0 Å². The van der Waals surface area contributed by atoms with Crippen LogP contribution in [-0.4, -0.2) is 6.18 Å². The van der Waals surface area contributed by atoms with Gasteiger partial charge in [-0.15, -0.1) is 0 Å². The van der Waals surface area contributed by atoms with Crippen molar-refractivity contribution in [3.8, 4) is 0 Å². The largest absolute Gasteiger partial charge is 0.399 e. The Morgan fingerprint density at radius 1 is 0.905 bits per heavy atom. The zero-order valence-electron chi connectivity index (χ0n) is 12.2. The van der Waals surface area contributed by atoms with E-state index in [1.54, 1.807) is 6.07 Å². The molecule has 0 heterocycles. The number of rotatable bonds is 9. The van der Waals surface area contributed by atoms with Gasteiger partial charge >= 0.3 is 6.18 Å². The summed E-state index contributed by atoms with van der Waals surface area (Å²) in [6, 6.07) is 5.50. The Labute approximate surface area is 129 Å². The van der Waals surface area contributed by atoms with Crippen molar-refractivity contribution in [3.63, 3.8) is 0 Å². The first-order valence-corrected chi connectivity index (χ1v) is 7.87. The number of aryl methyl sites for hydroxylation is 1. The van der Waals surface area contributed by atoms with E-state index in [1.165, 1.54) is 0 Å². The van der Waals surface area contributed by atoms with Gasteiger partial charge in [0.05, 0.1) is 0 Å². The fourth-order valence-electron chi connectivity index (χ4n) is 2.31. The molecule has 0 atom stereocenters. The van der Waals surface area contributed by atoms with Crippen LogP contribution in [0.3, 0.4) is 0 Å². The van der Waals surface area contributed by atoms with Crippen LogP contribution in [0.2, 0.25) is 5.02 Å². The predicted octanol–water partition coefficient (Wildman–Crippen LogP) is 6.15. The van der Waals surface area contributed by atoms with E-state index in [4.69, 9.17) is 17.3 Å². The van der Waals surface area contributed by atoms with Crippen molar-refractivity contribution in [2.75, 3.05) is 5.73 Å². The van der Waals surface area contributed by atoms with E-state index in [9.17, 15) is 13.2 Å². The number of halogens is 4. The average molecular weight is 322 g/mol. The number of hydrogen-bond acceptors (Lipinski definition) is 1. The number of hydrogen-bond donors (Lipinski definition) is 1. The summed E-state index contributed by atoms with van der Waals surface area (Å²) in [6.45, 7) is 0. The predicted molar refractivity (Wildman–Crippen MR) is 82.6 cm³/mol. The Bertz CT molecular complexity index is 418. The highest BCUT2D eigenvalue weighted by atomic mass is 35.5. The molecule has 0 bridgehead atoms. The second-order valence-electron chi connectivity index (χ2n) is 5.44. The summed E-state index contributed by atoms with van der Waals surface area (Å²) in [5, 5.41) is 0.747. The fraction of sp³-hybridized carbons (Fsp3) is 0.625. The third kappa shape index (κ3) is 8.86. The maximum atomic E-state index is 11.9. The summed E-state index contributed by atoms with van der Waals surface area (Å²) in [7, 11) is 0. The summed E-state index contributed by atoms with van der Waals surface area (Å²) in [6.07, 6.45) is 2.22. The molecule has 1 rings (SSSR count). The van der Waals surface area contributed by atoms with Crippen molar-refractivity contribution in [2.45, 2.75) is 64.0 Å². The van der Waals surface area contributed by atoms with E-state index in [2.05, 4.69) is 0 Å². The third-order valence-corrected chi connectivity index (χ3v) is 3.84. The van der Waals surface area contributed by atoms with Crippen molar-refractivity contribution < 1.29 is 13.2 Å². The van der Waals surface area contributed by atoms with Gasteiger partial charge in [-0.05, 0) is 43.0 Å². The molecule has 0 radical (unpaired) electrons.